The minimum absolute atomic E-state index is 0.449. The third kappa shape index (κ3) is 2.29. The van der Waals surface area contributed by atoms with Crippen LogP contribution in [0.5, 0.6) is 0 Å². The van der Waals surface area contributed by atoms with Crippen molar-refractivity contribution in [3.63, 3.8) is 0 Å². The fourth-order valence-corrected chi connectivity index (χ4v) is 3.00. The lowest BCUT2D eigenvalue weighted by Crippen LogP contribution is -2.25. The number of fused-ring (bicyclic) bond motifs is 1. The van der Waals surface area contributed by atoms with E-state index in [1.165, 1.54) is 12.8 Å². The molecule has 3 rings (SSSR count). The van der Waals surface area contributed by atoms with Crippen molar-refractivity contribution >= 4 is 22.7 Å². The molecule has 1 aliphatic rings. The largest absolute Gasteiger partial charge is 0.366 e. The first-order chi connectivity index (χ1) is 9.69. The number of nitrogens with zero attached hydrogens (tertiary/aromatic N) is 2. The highest BCUT2D eigenvalue weighted by atomic mass is 15.3. The van der Waals surface area contributed by atoms with Gasteiger partial charge in [-0.2, -0.15) is 4.98 Å². The molecular weight excluding hydrogens is 250 g/mol. The molecule has 4 N–H and O–H groups in total. The van der Waals surface area contributed by atoms with Crippen LogP contribution in [0.1, 0.15) is 26.7 Å². The predicted octanol–water partition coefficient (Wildman–Crippen LogP) is 2.76. The van der Waals surface area contributed by atoms with Gasteiger partial charge in [-0.15, -0.1) is 0 Å². The Kier molecular flexibility index (Phi) is 3.44. The number of rotatable bonds is 3. The van der Waals surface area contributed by atoms with Crippen molar-refractivity contribution < 1.29 is 0 Å². The Morgan fingerprint density at radius 2 is 1.95 bits per heavy atom. The summed E-state index contributed by atoms with van der Waals surface area (Å²) in [7, 11) is 0. The van der Waals surface area contributed by atoms with E-state index in [4.69, 9.17) is 5.84 Å². The van der Waals surface area contributed by atoms with E-state index < -0.39 is 0 Å². The summed E-state index contributed by atoms with van der Waals surface area (Å²) in [5.74, 6) is 8.19. The third-order valence-electron chi connectivity index (χ3n) is 4.52. The maximum absolute atomic E-state index is 5.46. The zero-order valence-corrected chi connectivity index (χ0v) is 11.9. The molecule has 1 saturated carbocycles. The summed E-state index contributed by atoms with van der Waals surface area (Å²) >= 11 is 0. The van der Waals surface area contributed by atoms with Crippen molar-refractivity contribution in [2.45, 2.75) is 32.7 Å². The lowest BCUT2D eigenvalue weighted by atomic mass is 9.98. The molecule has 5 heteroatoms. The van der Waals surface area contributed by atoms with Gasteiger partial charge in [-0.1, -0.05) is 26.0 Å². The van der Waals surface area contributed by atoms with Crippen molar-refractivity contribution in [3.05, 3.63) is 24.3 Å². The van der Waals surface area contributed by atoms with Gasteiger partial charge in [0.05, 0.1) is 5.52 Å². The number of para-hydroxylation sites is 1. The Bertz CT molecular complexity index is 612. The van der Waals surface area contributed by atoms with Crippen LogP contribution in [0, 0.1) is 11.8 Å². The van der Waals surface area contributed by atoms with Crippen LogP contribution in [-0.4, -0.2) is 16.0 Å². The predicted molar refractivity (Wildman–Crippen MR) is 82.3 cm³/mol. The van der Waals surface area contributed by atoms with Crippen molar-refractivity contribution in [1.29, 1.82) is 0 Å². The second-order valence-corrected chi connectivity index (χ2v) is 5.72. The Morgan fingerprint density at radius 3 is 2.65 bits per heavy atom. The van der Waals surface area contributed by atoms with E-state index in [9.17, 15) is 0 Å². The minimum Gasteiger partial charge on any atom is -0.366 e. The first-order valence-electron chi connectivity index (χ1n) is 7.19. The maximum Gasteiger partial charge on any atom is 0.239 e. The van der Waals surface area contributed by atoms with Gasteiger partial charge in [0.15, 0.2) is 0 Å². The second-order valence-electron chi connectivity index (χ2n) is 5.72. The van der Waals surface area contributed by atoms with Crippen LogP contribution in [0.25, 0.3) is 10.9 Å². The number of nitrogen functional groups attached to an aromatic ring is 1. The Morgan fingerprint density at radius 1 is 1.15 bits per heavy atom. The molecule has 3 atom stereocenters. The van der Waals surface area contributed by atoms with Crippen molar-refractivity contribution in [2.75, 3.05) is 10.7 Å². The number of hydrazine groups is 1. The van der Waals surface area contributed by atoms with Gasteiger partial charge in [0.1, 0.15) is 5.82 Å². The first kappa shape index (κ1) is 13.1. The van der Waals surface area contributed by atoms with Crippen LogP contribution in [0.4, 0.5) is 11.8 Å². The molecular formula is C15H21N5. The molecule has 106 valence electrons. The lowest BCUT2D eigenvalue weighted by Gasteiger charge is -2.21. The van der Waals surface area contributed by atoms with Crippen LogP contribution in [0.3, 0.4) is 0 Å². The molecule has 2 aromatic rings. The highest BCUT2D eigenvalue weighted by molar-refractivity contribution is 5.90. The van der Waals surface area contributed by atoms with Crippen molar-refractivity contribution in [3.8, 4) is 0 Å². The number of hydrogen-bond acceptors (Lipinski definition) is 5. The summed E-state index contributed by atoms with van der Waals surface area (Å²) < 4.78 is 0. The van der Waals surface area contributed by atoms with Gasteiger partial charge in [0.2, 0.25) is 5.95 Å². The molecule has 3 unspecified atom stereocenters. The Labute approximate surface area is 119 Å². The molecule has 0 saturated heterocycles. The molecule has 1 fully saturated rings. The Hall–Kier alpha value is -1.88. The summed E-state index contributed by atoms with van der Waals surface area (Å²) in [4.78, 5) is 8.86. The van der Waals surface area contributed by atoms with E-state index in [2.05, 4.69) is 34.6 Å². The molecule has 5 nitrogen and oxygen atoms in total. The fraction of sp³-hybridized carbons (Fsp3) is 0.467. The summed E-state index contributed by atoms with van der Waals surface area (Å²) in [6, 6.07) is 8.46. The lowest BCUT2D eigenvalue weighted by molar-refractivity contribution is 0.435. The van der Waals surface area contributed by atoms with Gasteiger partial charge in [-0.3, -0.25) is 5.43 Å². The van der Waals surface area contributed by atoms with E-state index >= 15 is 0 Å². The summed E-state index contributed by atoms with van der Waals surface area (Å²) in [5.41, 5.74) is 3.44. The SMILES string of the molecule is CC1CCC(Nc2nc(NN)nc3ccccc23)C1C. The molecule has 0 amide bonds. The number of nitrogens with one attached hydrogen (secondary N) is 2. The van der Waals surface area contributed by atoms with Crippen LogP contribution < -0.4 is 16.6 Å². The van der Waals surface area contributed by atoms with Crippen molar-refractivity contribution in [2.24, 2.45) is 17.7 Å². The standard InChI is InChI=1S/C15H21N5/c1-9-7-8-12(10(9)2)17-14-11-5-3-4-6-13(11)18-15(19-14)20-16/h3-6,9-10,12H,7-8,16H2,1-2H3,(H2,17,18,19,20). The molecule has 1 aliphatic carbocycles. The van der Waals surface area contributed by atoms with Crippen LogP contribution in [0.2, 0.25) is 0 Å². The number of hydrogen-bond donors (Lipinski definition) is 3. The topological polar surface area (TPSA) is 75.9 Å². The first-order valence-corrected chi connectivity index (χ1v) is 7.19. The van der Waals surface area contributed by atoms with Crippen LogP contribution >= 0.6 is 0 Å². The summed E-state index contributed by atoms with van der Waals surface area (Å²) in [6.07, 6.45) is 2.45. The molecule has 0 radical (unpaired) electrons. The highest BCUT2D eigenvalue weighted by Crippen LogP contribution is 2.34. The summed E-state index contributed by atoms with van der Waals surface area (Å²) in [6.45, 7) is 4.62. The number of benzene rings is 1. The molecule has 0 spiro atoms. The van der Waals surface area contributed by atoms with E-state index in [1.807, 2.05) is 24.3 Å². The average Bonchev–Trinajstić information content (AvgIpc) is 2.79. The Balaban J connectivity index is 1.97. The van der Waals surface area contributed by atoms with E-state index in [1.54, 1.807) is 0 Å². The van der Waals surface area contributed by atoms with Gasteiger partial charge < -0.3 is 5.32 Å². The fourth-order valence-electron chi connectivity index (χ4n) is 3.00. The molecule has 0 bridgehead atoms. The van der Waals surface area contributed by atoms with E-state index in [-0.39, 0.29) is 0 Å². The summed E-state index contributed by atoms with van der Waals surface area (Å²) in [5, 5.41) is 4.63. The molecule has 20 heavy (non-hydrogen) atoms. The van der Waals surface area contributed by atoms with Crippen LogP contribution in [-0.2, 0) is 0 Å². The zero-order valence-electron chi connectivity index (χ0n) is 11.9. The number of aromatic nitrogens is 2. The molecule has 1 heterocycles. The quantitative estimate of drug-likeness (QED) is 0.591. The minimum atomic E-state index is 0.449. The monoisotopic (exact) mass is 271 g/mol. The molecule has 1 aromatic carbocycles. The highest BCUT2D eigenvalue weighted by Gasteiger charge is 2.30. The normalized spacial score (nSPS) is 25.9. The van der Waals surface area contributed by atoms with Gasteiger partial charge in [0.25, 0.3) is 0 Å². The van der Waals surface area contributed by atoms with E-state index in [0.717, 1.165) is 22.6 Å². The van der Waals surface area contributed by atoms with Gasteiger partial charge in [0, 0.05) is 11.4 Å². The smallest absolute Gasteiger partial charge is 0.239 e. The van der Waals surface area contributed by atoms with Crippen molar-refractivity contribution in [1.82, 2.24) is 9.97 Å². The zero-order chi connectivity index (χ0) is 14.1. The number of anilines is 2. The van der Waals surface area contributed by atoms with Gasteiger partial charge >= 0.3 is 0 Å². The second kappa shape index (κ2) is 5.25. The average molecular weight is 271 g/mol. The van der Waals surface area contributed by atoms with Crippen LogP contribution in [0.15, 0.2) is 24.3 Å². The molecule has 1 aromatic heterocycles. The van der Waals surface area contributed by atoms with Gasteiger partial charge in [-0.05, 0) is 36.8 Å². The van der Waals surface area contributed by atoms with E-state index in [0.29, 0.717) is 17.9 Å². The third-order valence-corrected chi connectivity index (χ3v) is 4.52. The molecule has 0 aliphatic heterocycles. The number of nitrogens with two attached hydrogens (primary N) is 1. The van der Waals surface area contributed by atoms with Gasteiger partial charge in [-0.25, -0.2) is 10.8 Å². The maximum atomic E-state index is 5.46.